The number of rotatable bonds is 5. The van der Waals surface area contributed by atoms with Crippen molar-refractivity contribution in [3.63, 3.8) is 0 Å². The molecular weight excluding hydrogens is 220 g/mol. The zero-order chi connectivity index (χ0) is 12.1. The Bertz CT molecular complexity index is 524. The highest BCUT2D eigenvalue weighted by molar-refractivity contribution is 5.54. The number of nitriles is 1. The predicted octanol–water partition coefficient (Wildman–Crippen LogP) is 1.52. The van der Waals surface area contributed by atoms with Crippen LogP contribution in [-0.2, 0) is 11.2 Å². The molecule has 0 spiro atoms. The summed E-state index contributed by atoms with van der Waals surface area (Å²) in [6.07, 6.45) is 3.24. The van der Waals surface area contributed by atoms with Gasteiger partial charge in [-0.15, -0.1) is 0 Å². The van der Waals surface area contributed by atoms with Gasteiger partial charge in [0, 0.05) is 26.3 Å². The summed E-state index contributed by atoms with van der Waals surface area (Å²) in [4.78, 5) is 7.04. The first-order valence-electron chi connectivity index (χ1n) is 5.24. The van der Waals surface area contributed by atoms with Crippen molar-refractivity contribution in [2.45, 2.75) is 12.8 Å². The van der Waals surface area contributed by atoms with Crippen LogP contribution >= 0.6 is 0 Å². The standard InChI is InChI=1S/C11H12N4O2/c1-16-4-2-3-10-14-11(17-15-10)8-5-9(6-12)13-7-8/h5,7,13H,2-4H2,1H3. The van der Waals surface area contributed by atoms with Gasteiger partial charge in [0.1, 0.15) is 11.8 Å². The van der Waals surface area contributed by atoms with E-state index in [4.69, 9.17) is 14.5 Å². The lowest BCUT2D eigenvalue weighted by molar-refractivity contribution is 0.194. The quantitative estimate of drug-likeness (QED) is 0.789. The summed E-state index contributed by atoms with van der Waals surface area (Å²) in [5.41, 5.74) is 1.20. The summed E-state index contributed by atoms with van der Waals surface area (Å²) in [6.45, 7) is 0.673. The molecule has 88 valence electrons. The molecule has 0 bridgehead atoms. The number of nitrogens with zero attached hydrogens (tertiary/aromatic N) is 3. The Hall–Kier alpha value is -2.13. The molecule has 2 heterocycles. The van der Waals surface area contributed by atoms with E-state index in [1.54, 1.807) is 19.4 Å². The number of hydrogen-bond acceptors (Lipinski definition) is 5. The normalized spacial score (nSPS) is 10.4. The van der Waals surface area contributed by atoms with E-state index in [9.17, 15) is 0 Å². The van der Waals surface area contributed by atoms with E-state index in [-0.39, 0.29) is 0 Å². The number of hydrogen-bond donors (Lipinski definition) is 1. The number of aromatic amines is 1. The Labute approximate surface area is 98.2 Å². The van der Waals surface area contributed by atoms with E-state index in [2.05, 4.69) is 15.1 Å². The van der Waals surface area contributed by atoms with Crippen molar-refractivity contribution in [1.82, 2.24) is 15.1 Å². The first-order valence-corrected chi connectivity index (χ1v) is 5.24. The molecule has 0 aliphatic rings. The topological polar surface area (TPSA) is 87.7 Å². The number of H-pyrrole nitrogens is 1. The molecule has 0 radical (unpaired) electrons. The minimum Gasteiger partial charge on any atom is -0.385 e. The van der Waals surface area contributed by atoms with Gasteiger partial charge in [0.25, 0.3) is 5.89 Å². The van der Waals surface area contributed by atoms with Crippen molar-refractivity contribution in [2.75, 3.05) is 13.7 Å². The van der Waals surface area contributed by atoms with Crippen molar-refractivity contribution in [1.29, 1.82) is 5.26 Å². The van der Waals surface area contributed by atoms with Crippen LogP contribution in [0.2, 0.25) is 0 Å². The van der Waals surface area contributed by atoms with Crippen LogP contribution in [-0.4, -0.2) is 28.8 Å². The van der Waals surface area contributed by atoms with E-state index < -0.39 is 0 Å². The minimum atomic E-state index is 0.426. The van der Waals surface area contributed by atoms with Gasteiger partial charge in [-0.1, -0.05) is 5.16 Å². The van der Waals surface area contributed by atoms with Crippen LogP contribution in [0, 0.1) is 11.3 Å². The lowest BCUT2D eigenvalue weighted by Gasteiger charge is -1.92. The van der Waals surface area contributed by atoms with Gasteiger partial charge in [-0.25, -0.2) is 0 Å². The van der Waals surface area contributed by atoms with E-state index in [0.717, 1.165) is 12.0 Å². The SMILES string of the molecule is COCCCc1noc(-c2c[nH]c(C#N)c2)n1. The van der Waals surface area contributed by atoms with Crippen molar-refractivity contribution >= 4 is 0 Å². The van der Waals surface area contributed by atoms with Gasteiger partial charge in [-0.05, 0) is 12.5 Å². The number of aryl methyl sites for hydroxylation is 1. The molecule has 2 aromatic rings. The van der Waals surface area contributed by atoms with Gasteiger partial charge < -0.3 is 14.2 Å². The zero-order valence-electron chi connectivity index (χ0n) is 9.43. The molecule has 0 fully saturated rings. The molecule has 2 rings (SSSR count). The Morgan fingerprint density at radius 1 is 1.59 bits per heavy atom. The van der Waals surface area contributed by atoms with E-state index in [1.165, 1.54) is 0 Å². The second kappa shape index (κ2) is 5.27. The molecule has 0 atom stereocenters. The van der Waals surface area contributed by atoms with Gasteiger partial charge in [0.2, 0.25) is 0 Å². The molecule has 0 saturated carbocycles. The highest BCUT2D eigenvalue weighted by Gasteiger charge is 2.10. The fraction of sp³-hybridized carbons (Fsp3) is 0.364. The number of methoxy groups -OCH3 is 1. The smallest absolute Gasteiger partial charge is 0.259 e. The maximum absolute atomic E-state index is 8.68. The lowest BCUT2D eigenvalue weighted by Crippen LogP contribution is -1.94. The molecule has 0 saturated heterocycles. The van der Waals surface area contributed by atoms with Crippen LogP contribution in [0.4, 0.5) is 0 Å². The van der Waals surface area contributed by atoms with Crippen molar-refractivity contribution in [2.24, 2.45) is 0 Å². The van der Waals surface area contributed by atoms with Crippen LogP contribution in [0.5, 0.6) is 0 Å². The van der Waals surface area contributed by atoms with Gasteiger partial charge in [-0.2, -0.15) is 10.2 Å². The monoisotopic (exact) mass is 232 g/mol. The molecule has 0 unspecified atom stereocenters. The van der Waals surface area contributed by atoms with Crippen LogP contribution < -0.4 is 0 Å². The maximum atomic E-state index is 8.68. The molecular formula is C11H12N4O2. The van der Waals surface area contributed by atoms with Gasteiger partial charge in [0.15, 0.2) is 5.82 Å². The fourth-order valence-corrected chi connectivity index (χ4v) is 1.43. The van der Waals surface area contributed by atoms with E-state index >= 15 is 0 Å². The summed E-state index contributed by atoms with van der Waals surface area (Å²) >= 11 is 0. The van der Waals surface area contributed by atoms with E-state index in [0.29, 0.717) is 30.4 Å². The third-order valence-corrected chi connectivity index (χ3v) is 2.27. The summed E-state index contributed by atoms with van der Waals surface area (Å²) in [7, 11) is 1.66. The van der Waals surface area contributed by atoms with Gasteiger partial charge >= 0.3 is 0 Å². The highest BCUT2D eigenvalue weighted by Crippen LogP contribution is 2.18. The average molecular weight is 232 g/mol. The maximum Gasteiger partial charge on any atom is 0.259 e. The van der Waals surface area contributed by atoms with E-state index in [1.807, 2.05) is 6.07 Å². The van der Waals surface area contributed by atoms with Crippen molar-refractivity contribution < 1.29 is 9.26 Å². The van der Waals surface area contributed by atoms with Crippen LogP contribution in [0.3, 0.4) is 0 Å². The Morgan fingerprint density at radius 3 is 3.18 bits per heavy atom. The van der Waals surface area contributed by atoms with Crippen molar-refractivity contribution in [3.05, 3.63) is 23.8 Å². The first-order chi connectivity index (χ1) is 8.33. The summed E-state index contributed by atoms with van der Waals surface area (Å²) in [6, 6.07) is 3.68. The highest BCUT2D eigenvalue weighted by atomic mass is 16.5. The third-order valence-electron chi connectivity index (χ3n) is 2.27. The van der Waals surface area contributed by atoms with Crippen LogP contribution in [0.25, 0.3) is 11.5 Å². The summed E-state index contributed by atoms with van der Waals surface area (Å²) < 4.78 is 10.1. The fourth-order valence-electron chi connectivity index (χ4n) is 1.43. The molecule has 6 heteroatoms. The Kier molecular flexibility index (Phi) is 3.52. The Balaban J connectivity index is 2.05. The number of ether oxygens (including phenoxy) is 1. The number of nitrogens with one attached hydrogen (secondary N) is 1. The summed E-state index contributed by atoms with van der Waals surface area (Å²) in [5, 5.41) is 12.5. The molecule has 17 heavy (non-hydrogen) atoms. The predicted molar refractivity (Wildman–Crippen MR) is 59.0 cm³/mol. The first kappa shape index (κ1) is 11.4. The molecule has 2 aromatic heterocycles. The Morgan fingerprint density at radius 2 is 2.47 bits per heavy atom. The minimum absolute atomic E-state index is 0.426. The molecule has 6 nitrogen and oxygen atoms in total. The summed E-state index contributed by atoms with van der Waals surface area (Å²) in [5.74, 6) is 1.08. The molecule has 1 N–H and O–H groups in total. The molecule has 0 aliphatic carbocycles. The van der Waals surface area contributed by atoms with Gasteiger partial charge in [0.05, 0.1) is 5.56 Å². The van der Waals surface area contributed by atoms with Crippen LogP contribution in [0.15, 0.2) is 16.8 Å². The third kappa shape index (κ3) is 2.71. The molecule has 0 amide bonds. The van der Waals surface area contributed by atoms with Crippen molar-refractivity contribution in [3.8, 4) is 17.5 Å². The molecule has 0 aliphatic heterocycles. The lowest BCUT2D eigenvalue weighted by atomic mass is 10.3. The number of aromatic nitrogens is 3. The second-order valence-corrected chi connectivity index (χ2v) is 3.53. The second-order valence-electron chi connectivity index (χ2n) is 3.53. The zero-order valence-corrected chi connectivity index (χ0v) is 9.43. The average Bonchev–Trinajstić information content (AvgIpc) is 2.97. The van der Waals surface area contributed by atoms with Crippen LogP contribution in [0.1, 0.15) is 17.9 Å². The molecule has 0 aromatic carbocycles. The van der Waals surface area contributed by atoms with Gasteiger partial charge in [-0.3, -0.25) is 0 Å². The largest absolute Gasteiger partial charge is 0.385 e.